The summed E-state index contributed by atoms with van der Waals surface area (Å²) < 4.78 is 13.0. The van der Waals surface area contributed by atoms with Gasteiger partial charge in [0, 0.05) is 70.3 Å². The summed E-state index contributed by atoms with van der Waals surface area (Å²) in [4.78, 5) is 65.5. The molecule has 10 N–H and O–H groups in total. The third-order valence-corrected chi connectivity index (χ3v) is 12.4. The molecule has 0 bridgehead atoms. The van der Waals surface area contributed by atoms with E-state index in [4.69, 9.17) is 78.9 Å². The van der Waals surface area contributed by atoms with E-state index in [0.717, 1.165) is 21.5 Å². The first-order valence-electron chi connectivity index (χ1n) is 23.6. The van der Waals surface area contributed by atoms with Gasteiger partial charge in [0.15, 0.2) is 0 Å². The van der Waals surface area contributed by atoms with Crippen LogP contribution in [0.15, 0.2) is 152 Å². The number of nitrogens with two attached hydrogens (primary N) is 2. The fourth-order valence-electron chi connectivity index (χ4n) is 5.65. The number of amides is 3. The zero-order valence-electron chi connectivity index (χ0n) is 44.5. The van der Waals surface area contributed by atoms with Gasteiger partial charge in [-0.1, -0.05) is 49.9 Å². The molecule has 8 rings (SSSR count). The minimum absolute atomic E-state index is 0. The van der Waals surface area contributed by atoms with Crippen LogP contribution in [-0.2, 0) is 14.3 Å². The topological polar surface area (TPSA) is 297 Å². The monoisotopic (exact) mass is 1500 g/mol. The van der Waals surface area contributed by atoms with E-state index in [-0.39, 0.29) is 34.5 Å². The predicted molar refractivity (Wildman–Crippen MR) is 354 cm³/mol. The molecule has 0 aliphatic carbocycles. The van der Waals surface area contributed by atoms with Crippen molar-refractivity contribution in [2.45, 2.75) is 60.2 Å². The summed E-state index contributed by atoms with van der Waals surface area (Å²) in [5, 5.41) is 18.2. The van der Waals surface area contributed by atoms with Crippen molar-refractivity contribution in [2.75, 3.05) is 43.4 Å². The highest BCUT2D eigenvalue weighted by Crippen LogP contribution is 2.29. The molecule has 4 heterocycles. The number of ether oxygens (including phenoxy) is 2. The van der Waals surface area contributed by atoms with E-state index in [1.54, 1.807) is 100 Å². The van der Waals surface area contributed by atoms with Crippen LogP contribution < -0.4 is 43.4 Å². The third-order valence-electron chi connectivity index (χ3n) is 8.85. The summed E-state index contributed by atoms with van der Waals surface area (Å²) in [5.41, 5.74) is 15.7. The van der Waals surface area contributed by atoms with Gasteiger partial charge in [-0.2, -0.15) is 15.0 Å². The highest BCUT2D eigenvalue weighted by atomic mass is 79.9. The van der Waals surface area contributed by atoms with Gasteiger partial charge in [0.1, 0.15) is 33.8 Å². The maximum absolute atomic E-state index is 11.8. The molecular formula is C54H55Br4Cl5N16O5. The number of nitrogen functional groups attached to an aromatic ring is 2. The van der Waals surface area contributed by atoms with Crippen molar-refractivity contribution in [3.8, 4) is 0 Å². The predicted octanol–water partition coefficient (Wildman–Crippen LogP) is 17.8. The van der Waals surface area contributed by atoms with Gasteiger partial charge in [-0.3, -0.25) is 15.4 Å². The van der Waals surface area contributed by atoms with Crippen LogP contribution >= 0.6 is 122 Å². The van der Waals surface area contributed by atoms with Gasteiger partial charge < -0.3 is 42.2 Å². The molecule has 0 aliphatic rings. The van der Waals surface area contributed by atoms with Gasteiger partial charge >= 0.3 is 12.2 Å². The SMILES string of the molecule is C.C=CC(=O)Nc1cccc(Nc2nc(Cl)ncc2Br)c1.CC(C)(C)OC(=O)Nc1cccc(N)c1.CC(C)(C)OC(=O)Nc1cccc(Nc2nc(Cl)ncc2Br)c1.Clc1ncc(Br)c(Cl)n1.Nc1cccc(Nc2nc(Cl)ncc2Br)c1. The minimum Gasteiger partial charge on any atom is -0.444 e. The summed E-state index contributed by atoms with van der Waals surface area (Å²) in [6.45, 7) is 14.3. The van der Waals surface area contributed by atoms with Gasteiger partial charge in [0.05, 0.1) is 17.9 Å². The van der Waals surface area contributed by atoms with Crippen molar-refractivity contribution in [2.24, 2.45) is 0 Å². The fraction of sp³-hybridized carbons (Fsp3) is 0.167. The summed E-state index contributed by atoms with van der Waals surface area (Å²) >= 11 is 41.3. The summed E-state index contributed by atoms with van der Waals surface area (Å²) in [7, 11) is 0. The minimum atomic E-state index is -0.553. The second-order valence-corrected chi connectivity index (χ2v) is 23.1. The Hall–Kier alpha value is -6.68. The van der Waals surface area contributed by atoms with E-state index in [1.165, 1.54) is 12.3 Å². The molecule has 21 nitrogen and oxygen atoms in total. The second kappa shape index (κ2) is 34.9. The van der Waals surface area contributed by atoms with Gasteiger partial charge in [0.25, 0.3) is 0 Å². The first kappa shape index (κ1) is 71.6. The molecule has 30 heteroatoms. The normalized spacial score (nSPS) is 10.3. The Morgan fingerprint density at radius 1 is 0.476 bits per heavy atom. The van der Waals surface area contributed by atoms with Crippen LogP contribution in [0.2, 0.25) is 26.3 Å². The summed E-state index contributed by atoms with van der Waals surface area (Å²) in [5.74, 6) is 1.40. The highest BCUT2D eigenvalue weighted by Gasteiger charge is 2.18. The van der Waals surface area contributed by atoms with Crippen LogP contribution in [0.1, 0.15) is 49.0 Å². The molecule has 4 aromatic carbocycles. The molecule has 84 heavy (non-hydrogen) atoms. The van der Waals surface area contributed by atoms with Gasteiger partial charge in [-0.05, 0) is 231 Å². The summed E-state index contributed by atoms with van der Waals surface area (Å²) in [6.07, 6.45) is 6.42. The lowest BCUT2D eigenvalue weighted by molar-refractivity contribution is -0.111. The number of carbonyl (C=O) groups is 3. The highest BCUT2D eigenvalue weighted by molar-refractivity contribution is 9.11. The number of hydrogen-bond acceptors (Lipinski definition) is 18. The molecular weight excluding hydrogens is 1450 g/mol. The maximum atomic E-state index is 11.8. The Morgan fingerprint density at radius 3 is 1.11 bits per heavy atom. The van der Waals surface area contributed by atoms with E-state index in [1.807, 2.05) is 57.2 Å². The number of rotatable bonds is 10. The quantitative estimate of drug-likeness (QED) is 0.0273. The molecule has 0 saturated carbocycles. The third kappa shape index (κ3) is 28.3. The lowest BCUT2D eigenvalue weighted by Crippen LogP contribution is -2.27. The van der Waals surface area contributed by atoms with E-state index < -0.39 is 23.4 Å². The van der Waals surface area contributed by atoms with Crippen LogP contribution in [0.3, 0.4) is 0 Å². The zero-order valence-corrected chi connectivity index (χ0v) is 54.6. The van der Waals surface area contributed by atoms with E-state index in [2.05, 4.69) is 142 Å². The molecule has 8 aromatic rings. The molecule has 0 spiro atoms. The molecule has 0 fully saturated rings. The Bertz CT molecular complexity index is 3520. The van der Waals surface area contributed by atoms with Gasteiger partial charge in [-0.15, -0.1) is 0 Å². The number of nitrogens with one attached hydrogen (secondary N) is 6. The van der Waals surface area contributed by atoms with Crippen LogP contribution in [-0.4, -0.2) is 69.2 Å². The average molecular weight is 1510 g/mol. The van der Waals surface area contributed by atoms with E-state index in [9.17, 15) is 14.4 Å². The number of anilines is 11. The Balaban J connectivity index is 0.000000281. The number of carbonyl (C=O) groups excluding carboxylic acids is 3. The second-order valence-electron chi connectivity index (χ2n) is 18.0. The molecule has 0 radical (unpaired) electrons. The molecule has 3 amide bonds. The van der Waals surface area contributed by atoms with Crippen molar-refractivity contribution in [1.29, 1.82) is 0 Å². The molecule has 0 unspecified atom stereocenters. The molecule has 444 valence electrons. The van der Waals surface area contributed by atoms with Crippen LogP contribution in [0.25, 0.3) is 0 Å². The van der Waals surface area contributed by atoms with Crippen molar-refractivity contribution >= 4 is 203 Å². The fourth-order valence-corrected chi connectivity index (χ4v) is 7.42. The van der Waals surface area contributed by atoms with Gasteiger partial charge in [-0.25, -0.2) is 34.5 Å². The lowest BCUT2D eigenvalue weighted by atomic mass is 10.2. The first-order valence-corrected chi connectivity index (χ1v) is 28.6. The van der Waals surface area contributed by atoms with Crippen molar-refractivity contribution in [3.63, 3.8) is 0 Å². The standard InChI is InChI=1S/C15H16BrClN4O2.C13H10BrClN4O.C11H16N2O2.C10H8BrClN4.C4HBrCl2N2.CH4/c1-15(2,3)23-14(22)20-10-6-4-5-9(7-10)19-12-11(16)8-18-13(17)21-12;1-2-11(20)17-8-4-3-5-9(6-8)18-12-10(14)7-16-13(15)19-12;1-11(2,3)15-10(14)13-9-6-4-5-8(12)7-9;11-8-5-14-10(12)16-9(8)15-7-3-1-2-6(13)4-7;5-2-1-8-4(7)9-3(2)6;/h4-8H,1-3H3,(H,20,22)(H,18,19,21);2-7H,1H2,(H,17,20)(H,16,18,19);4-7H,12H2,1-3H3,(H,13,14);1-5H,13H2,(H,14,15,16);1H;1H4. The Kier molecular flexibility index (Phi) is 29.8. The molecule has 0 saturated heterocycles. The number of hydrogen-bond donors (Lipinski definition) is 8. The lowest BCUT2D eigenvalue weighted by Gasteiger charge is -2.19. The van der Waals surface area contributed by atoms with Crippen LogP contribution in [0.5, 0.6) is 0 Å². The number of nitrogens with zero attached hydrogens (tertiary/aromatic N) is 8. The number of benzene rings is 4. The largest absolute Gasteiger partial charge is 0.444 e. The average Bonchev–Trinajstić information content (AvgIpc) is 3.62. The van der Waals surface area contributed by atoms with Crippen molar-refractivity contribution < 1.29 is 23.9 Å². The number of aromatic nitrogens is 8. The van der Waals surface area contributed by atoms with Crippen molar-refractivity contribution in [3.05, 3.63) is 179 Å². The zero-order chi connectivity index (χ0) is 61.4. The smallest absolute Gasteiger partial charge is 0.412 e. The van der Waals surface area contributed by atoms with E-state index in [0.29, 0.717) is 64.5 Å². The Labute approximate surface area is 544 Å². The maximum Gasteiger partial charge on any atom is 0.412 e. The Morgan fingerprint density at radius 2 is 0.774 bits per heavy atom. The van der Waals surface area contributed by atoms with Gasteiger partial charge in [0.2, 0.25) is 27.0 Å². The first-order chi connectivity index (χ1) is 39.0. The van der Waals surface area contributed by atoms with E-state index >= 15 is 0 Å². The number of halogens is 9. The summed E-state index contributed by atoms with van der Waals surface area (Å²) in [6, 6.07) is 28.6. The van der Waals surface area contributed by atoms with Crippen molar-refractivity contribution in [1.82, 2.24) is 39.9 Å². The van der Waals surface area contributed by atoms with Crippen LogP contribution in [0.4, 0.5) is 72.5 Å². The molecule has 0 aliphatic heterocycles. The molecule has 4 aromatic heterocycles. The van der Waals surface area contributed by atoms with Crippen LogP contribution in [0, 0.1) is 0 Å². The molecule has 0 atom stereocenters.